The SMILES string of the molecule is CN(C)C1CCN(Cc2c(O)cccc2Cl)CC1. The highest BCUT2D eigenvalue weighted by Gasteiger charge is 2.21. The van der Waals surface area contributed by atoms with E-state index in [-0.39, 0.29) is 0 Å². The smallest absolute Gasteiger partial charge is 0.121 e. The monoisotopic (exact) mass is 268 g/mol. The van der Waals surface area contributed by atoms with Crippen molar-refractivity contribution < 1.29 is 5.11 Å². The third-order valence-electron chi connectivity index (χ3n) is 3.76. The fraction of sp³-hybridized carbons (Fsp3) is 0.571. The first-order chi connectivity index (χ1) is 8.58. The molecule has 1 aromatic carbocycles. The number of benzene rings is 1. The van der Waals surface area contributed by atoms with Crippen LogP contribution in [0.3, 0.4) is 0 Å². The minimum absolute atomic E-state index is 0.303. The second kappa shape index (κ2) is 5.91. The van der Waals surface area contributed by atoms with E-state index < -0.39 is 0 Å². The van der Waals surface area contributed by atoms with Crippen molar-refractivity contribution in [3.8, 4) is 5.75 Å². The Labute approximate surface area is 114 Å². The number of halogens is 1. The van der Waals surface area contributed by atoms with Gasteiger partial charge in [-0.3, -0.25) is 4.90 Å². The molecule has 0 bridgehead atoms. The lowest BCUT2D eigenvalue weighted by molar-refractivity contribution is 0.139. The molecule has 1 aliphatic heterocycles. The maximum atomic E-state index is 9.84. The van der Waals surface area contributed by atoms with Crippen LogP contribution in [0.15, 0.2) is 18.2 Å². The number of likely N-dealkylation sites (tertiary alicyclic amines) is 1. The lowest BCUT2D eigenvalue weighted by Gasteiger charge is -2.35. The molecule has 1 aliphatic rings. The lowest BCUT2D eigenvalue weighted by Crippen LogP contribution is -2.41. The summed E-state index contributed by atoms with van der Waals surface area (Å²) in [5, 5.41) is 10.5. The molecule has 1 saturated heterocycles. The average Bonchev–Trinajstić information content (AvgIpc) is 2.34. The van der Waals surface area contributed by atoms with Crippen LogP contribution in [-0.2, 0) is 6.54 Å². The van der Waals surface area contributed by atoms with Gasteiger partial charge in [0, 0.05) is 23.2 Å². The van der Waals surface area contributed by atoms with E-state index in [9.17, 15) is 5.11 Å². The van der Waals surface area contributed by atoms with Crippen LogP contribution in [-0.4, -0.2) is 48.1 Å². The van der Waals surface area contributed by atoms with E-state index >= 15 is 0 Å². The molecular formula is C14H21ClN2O. The van der Waals surface area contributed by atoms with Gasteiger partial charge in [0.2, 0.25) is 0 Å². The molecule has 0 saturated carbocycles. The zero-order valence-electron chi connectivity index (χ0n) is 11.1. The highest BCUT2D eigenvalue weighted by atomic mass is 35.5. The fourth-order valence-electron chi connectivity index (χ4n) is 2.52. The van der Waals surface area contributed by atoms with Gasteiger partial charge in [0.15, 0.2) is 0 Å². The van der Waals surface area contributed by atoms with Crippen molar-refractivity contribution >= 4 is 11.6 Å². The van der Waals surface area contributed by atoms with Gasteiger partial charge < -0.3 is 10.0 Å². The van der Waals surface area contributed by atoms with Gasteiger partial charge in [-0.2, -0.15) is 0 Å². The Bertz CT molecular complexity index is 381. The molecule has 0 aliphatic carbocycles. The van der Waals surface area contributed by atoms with Crippen molar-refractivity contribution in [1.29, 1.82) is 0 Å². The number of aromatic hydroxyl groups is 1. The standard InChI is InChI=1S/C14H21ClN2O/c1-16(2)11-6-8-17(9-7-11)10-12-13(15)4-3-5-14(12)18/h3-5,11,18H,6-10H2,1-2H3. The van der Waals surface area contributed by atoms with Crippen molar-refractivity contribution in [3.05, 3.63) is 28.8 Å². The van der Waals surface area contributed by atoms with Crippen LogP contribution in [0.25, 0.3) is 0 Å². The molecule has 4 heteroatoms. The molecule has 1 N–H and O–H groups in total. The molecule has 0 spiro atoms. The number of hydrogen-bond acceptors (Lipinski definition) is 3. The van der Waals surface area contributed by atoms with Crippen molar-refractivity contribution in [2.24, 2.45) is 0 Å². The Kier molecular flexibility index (Phi) is 4.49. The summed E-state index contributed by atoms with van der Waals surface area (Å²) >= 11 is 6.13. The van der Waals surface area contributed by atoms with Gasteiger partial charge in [-0.15, -0.1) is 0 Å². The fourth-order valence-corrected chi connectivity index (χ4v) is 2.75. The van der Waals surface area contributed by atoms with Gasteiger partial charge >= 0.3 is 0 Å². The van der Waals surface area contributed by atoms with E-state index in [0.717, 1.165) is 25.2 Å². The van der Waals surface area contributed by atoms with Crippen molar-refractivity contribution in [3.63, 3.8) is 0 Å². The molecule has 0 radical (unpaired) electrons. The topological polar surface area (TPSA) is 26.7 Å². The van der Waals surface area contributed by atoms with E-state index in [4.69, 9.17) is 11.6 Å². The van der Waals surface area contributed by atoms with Gasteiger partial charge in [0.1, 0.15) is 5.75 Å². The van der Waals surface area contributed by atoms with Crippen LogP contribution < -0.4 is 0 Å². The molecule has 0 unspecified atom stereocenters. The van der Waals surface area contributed by atoms with Crippen molar-refractivity contribution in [2.45, 2.75) is 25.4 Å². The highest BCUT2D eigenvalue weighted by molar-refractivity contribution is 6.31. The lowest BCUT2D eigenvalue weighted by atomic mass is 10.0. The third-order valence-corrected chi connectivity index (χ3v) is 4.12. The van der Waals surface area contributed by atoms with E-state index in [1.54, 1.807) is 12.1 Å². The summed E-state index contributed by atoms with van der Waals surface area (Å²) in [4.78, 5) is 4.66. The molecule has 1 aromatic rings. The van der Waals surface area contributed by atoms with Crippen LogP contribution in [0, 0.1) is 0 Å². The molecule has 0 amide bonds. The largest absolute Gasteiger partial charge is 0.508 e. The van der Waals surface area contributed by atoms with Crippen LogP contribution in [0.5, 0.6) is 5.75 Å². The summed E-state index contributed by atoms with van der Waals surface area (Å²) in [5.74, 6) is 0.303. The second-order valence-electron chi connectivity index (χ2n) is 5.21. The molecule has 0 atom stereocenters. The van der Waals surface area contributed by atoms with Gasteiger partial charge in [-0.1, -0.05) is 17.7 Å². The minimum Gasteiger partial charge on any atom is -0.508 e. The molecule has 2 rings (SSSR count). The maximum Gasteiger partial charge on any atom is 0.121 e. The van der Waals surface area contributed by atoms with Crippen LogP contribution in [0.1, 0.15) is 18.4 Å². The first-order valence-electron chi connectivity index (χ1n) is 6.43. The summed E-state index contributed by atoms with van der Waals surface area (Å²) < 4.78 is 0. The Balaban J connectivity index is 1.96. The van der Waals surface area contributed by atoms with Crippen molar-refractivity contribution in [2.75, 3.05) is 27.2 Å². The van der Waals surface area contributed by atoms with Crippen LogP contribution >= 0.6 is 11.6 Å². The van der Waals surface area contributed by atoms with Crippen LogP contribution in [0.4, 0.5) is 0 Å². The number of nitrogens with zero attached hydrogens (tertiary/aromatic N) is 2. The predicted molar refractivity (Wildman–Crippen MR) is 75.1 cm³/mol. The molecule has 3 nitrogen and oxygen atoms in total. The molecule has 1 heterocycles. The summed E-state index contributed by atoms with van der Waals surface area (Å²) in [6.07, 6.45) is 2.36. The minimum atomic E-state index is 0.303. The average molecular weight is 269 g/mol. The summed E-state index contributed by atoms with van der Waals surface area (Å²) in [5.41, 5.74) is 0.850. The molecule has 18 heavy (non-hydrogen) atoms. The van der Waals surface area contributed by atoms with Gasteiger partial charge in [0.05, 0.1) is 0 Å². The normalized spacial score (nSPS) is 18.4. The Morgan fingerprint density at radius 2 is 2.00 bits per heavy atom. The van der Waals surface area contributed by atoms with Crippen LogP contribution in [0.2, 0.25) is 5.02 Å². The van der Waals surface area contributed by atoms with E-state index in [1.165, 1.54) is 12.8 Å². The quantitative estimate of drug-likeness (QED) is 0.913. The number of hydrogen-bond donors (Lipinski definition) is 1. The van der Waals surface area contributed by atoms with E-state index in [1.807, 2.05) is 6.07 Å². The zero-order chi connectivity index (χ0) is 13.1. The molecule has 100 valence electrons. The molecule has 0 aromatic heterocycles. The van der Waals surface area contributed by atoms with E-state index in [2.05, 4.69) is 23.9 Å². The Morgan fingerprint density at radius 3 is 2.56 bits per heavy atom. The Morgan fingerprint density at radius 1 is 1.33 bits per heavy atom. The predicted octanol–water partition coefficient (Wildman–Crippen LogP) is 2.57. The summed E-state index contributed by atoms with van der Waals surface area (Å²) in [6.45, 7) is 2.87. The number of rotatable bonds is 3. The van der Waals surface area contributed by atoms with Gasteiger partial charge in [-0.25, -0.2) is 0 Å². The first-order valence-corrected chi connectivity index (χ1v) is 6.81. The van der Waals surface area contributed by atoms with Gasteiger partial charge in [-0.05, 0) is 52.2 Å². The number of phenols is 1. The second-order valence-corrected chi connectivity index (χ2v) is 5.62. The maximum absolute atomic E-state index is 9.84. The Hall–Kier alpha value is -0.770. The summed E-state index contributed by atoms with van der Waals surface area (Å²) in [6, 6.07) is 6.00. The number of phenolic OH excluding ortho intramolecular Hbond substituents is 1. The summed E-state index contributed by atoms with van der Waals surface area (Å²) in [7, 11) is 4.28. The molecule has 1 fully saturated rings. The zero-order valence-corrected chi connectivity index (χ0v) is 11.8. The highest BCUT2D eigenvalue weighted by Crippen LogP contribution is 2.27. The first kappa shape index (κ1) is 13.7. The van der Waals surface area contributed by atoms with E-state index in [0.29, 0.717) is 16.8 Å². The van der Waals surface area contributed by atoms with Gasteiger partial charge in [0.25, 0.3) is 0 Å². The third kappa shape index (κ3) is 3.16. The molecular weight excluding hydrogens is 248 g/mol. The number of piperidine rings is 1. The van der Waals surface area contributed by atoms with Crippen molar-refractivity contribution in [1.82, 2.24) is 9.80 Å².